The molecule has 5 nitrogen and oxygen atoms in total. The SMILES string of the molecule is Cc1c2c(c(-c3cc(N)no3)c3c1OC(C)C3)OC(C)C2. The normalized spacial score (nSPS) is 22.6. The van der Waals surface area contributed by atoms with Crippen LogP contribution in [0, 0.1) is 6.92 Å². The summed E-state index contributed by atoms with van der Waals surface area (Å²) in [5, 5.41) is 3.81. The third kappa shape index (κ3) is 1.73. The van der Waals surface area contributed by atoms with Crippen LogP contribution < -0.4 is 15.2 Å². The molecule has 0 fully saturated rings. The first-order valence-electron chi connectivity index (χ1n) is 7.28. The molecule has 2 aliphatic heterocycles. The van der Waals surface area contributed by atoms with E-state index in [-0.39, 0.29) is 12.2 Å². The highest BCUT2D eigenvalue weighted by atomic mass is 16.5. The quantitative estimate of drug-likeness (QED) is 0.872. The zero-order valence-electron chi connectivity index (χ0n) is 12.4. The number of benzene rings is 1. The van der Waals surface area contributed by atoms with Crippen LogP contribution in [0.25, 0.3) is 11.3 Å². The molecule has 2 N–H and O–H groups in total. The van der Waals surface area contributed by atoms with Gasteiger partial charge in [0.15, 0.2) is 11.6 Å². The van der Waals surface area contributed by atoms with Crippen molar-refractivity contribution in [3.8, 4) is 22.8 Å². The van der Waals surface area contributed by atoms with Gasteiger partial charge in [0.05, 0.1) is 5.56 Å². The van der Waals surface area contributed by atoms with Crippen LogP contribution >= 0.6 is 0 Å². The lowest BCUT2D eigenvalue weighted by molar-refractivity contribution is 0.252. The van der Waals surface area contributed by atoms with Crippen molar-refractivity contribution in [1.29, 1.82) is 0 Å². The van der Waals surface area contributed by atoms with Crippen LogP contribution in [0.4, 0.5) is 5.82 Å². The molecule has 1 aromatic carbocycles. The number of ether oxygens (including phenoxy) is 2. The van der Waals surface area contributed by atoms with E-state index in [1.807, 2.05) is 0 Å². The van der Waals surface area contributed by atoms with Crippen LogP contribution in [0.2, 0.25) is 0 Å². The van der Waals surface area contributed by atoms with E-state index in [1.54, 1.807) is 6.07 Å². The summed E-state index contributed by atoms with van der Waals surface area (Å²) in [5.74, 6) is 2.93. The lowest BCUT2D eigenvalue weighted by atomic mass is 9.92. The summed E-state index contributed by atoms with van der Waals surface area (Å²) in [6.07, 6.45) is 2.07. The van der Waals surface area contributed by atoms with Gasteiger partial charge >= 0.3 is 0 Å². The molecule has 2 aromatic rings. The van der Waals surface area contributed by atoms with E-state index >= 15 is 0 Å². The fourth-order valence-corrected chi connectivity index (χ4v) is 3.39. The van der Waals surface area contributed by atoms with E-state index in [1.165, 1.54) is 11.1 Å². The highest BCUT2D eigenvalue weighted by Gasteiger charge is 2.35. The van der Waals surface area contributed by atoms with Gasteiger partial charge in [-0.3, -0.25) is 0 Å². The third-order valence-corrected chi connectivity index (χ3v) is 4.27. The highest BCUT2D eigenvalue weighted by Crippen LogP contribution is 2.50. The van der Waals surface area contributed by atoms with E-state index in [0.717, 1.165) is 35.5 Å². The molecule has 0 aliphatic carbocycles. The Morgan fingerprint density at radius 1 is 1.10 bits per heavy atom. The van der Waals surface area contributed by atoms with Gasteiger partial charge in [0, 0.05) is 30.0 Å². The van der Waals surface area contributed by atoms with E-state index in [4.69, 9.17) is 19.7 Å². The first kappa shape index (κ1) is 12.6. The molecule has 2 unspecified atom stereocenters. The van der Waals surface area contributed by atoms with Gasteiger partial charge in [0.1, 0.15) is 23.7 Å². The van der Waals surface area contributed by atoms with Crippen LogP contribution in [0.15, 0.2) is 10.6 Å². The fourth-order valence-electron chi connectivity index (χ4n) is 3.39. The van der Waals surface area contributed by atoms with Crippen molar-refractivity contribution in [1.82, 2.24) is 5.16 Å². The summed E-state index contributed by atoms with van der Waals surface area (Å²) in [7, 11) is 0. The molecular formula is C16H18N2O3. The van der Waals surface area contributed by atoms with Gasteiger partial charge in [-0.25, -0.2) is 0 Å². The van der Waals surface area contributed by atoms with Crippen molar-refractivity contribution in [3.63, 3.8) is 0 Å². The Kier molecular flexibility index (Phi) is 2.49. The van der Waals surface area contributed by atoms with Crippen molar-refractivity contribution >= 4 is 5.82 Å². The Morgan fingerprint density at radius 2 is 1.76 bits per heavy atom. The van der Waals surface area contributed by atoms with E-state index in [9.17, 15) is 0 Å². The van der Waals surface area contributed by atoms with E-state index < -0.39 is 0 Å². The van der Waals surface area contributed by atoms with Crippen molar-refractivity contribution in [2.75, 3.05) is 5.73 Å². The Hall–Kier alpha value is -2.17. The second kappa shape index (κ2) is 4.16. The molecule has 4 rings (SSSR count). The molecule has 21 heavy (non-hydrogen) atoms. The molecule has 110 valence electrons. The average Bonchev–Trinajstić information content (AvgIpc) is 3.09. The first-order chi connectivity index (χ1) is 10.0. The van der Waals surface area contributed by atoms with Crippen LogP contribution in [0.1, 0.15) is 30.5 Å². The molecule has 3 heterocycles. The molecule has 1 aromatic heterocycles. The second-order valence-electron chi connectivity index (χ2n) is 6.00. The summed E-state index contributed by atoms with van der Waals surface area (Å²) >= 11 is 0. The van der Waals surface area contributed by atoms with Crippen LogP contribution in [0.5, 0.6) is 11.5 Å². The predicted molar refractivity (Wildman–Crippen MR) is 78.7 cm³/mol. The van der Waals surface area contributed by atoms with Crippen LogP contribution in [0.3, 0.4) is 0 Å². The standard InChI is InChI=1S/C16H18N2O3/c1-7-4-10-9(3)15-11(5-8(2)19-15)14(16(10)20-7)12-6-13(17)18-21-12/h6-8H,4-5H2,1-3H3,(H2,17,18). The minimum Gasteiger partial charge on any atom is -0.490 e. The summed E-state index contributed by atoms with van der Waals surface area (Å²) in [5.41, 5.74) is 10.2. The van der Waals surface area contributed by atoms with Gasteiger partial charge in [-0.15, -0.1) is 0 Å². The molecule has 0 bridgehead atoms. The number of nitrogens with two attached hydrogens (primary N) is 1. The topological polar surface area (TPSA) is 70.5 Å². The molecule has 0 saturated carbocycles. The Labute approximate surface area is 123 Å². The molecule has 5 heteroatoms. The van der Waals surface area contributed by atoms with Gasteiger partial charge in [-0.1, -0.05) is 5.16 Å². The van der Waals surface area contributed by atoms with E-state index in [0.29, 0.717) is 11.6 Å². The number of hydrogen-bond acceptors (Lipinski definition) is 5. The first-order valence-corrected chi connectivity index (χ1v) is 7.28. The molecule has 2 atom stereocenters. The number of fused-ring (bicyclic) bond motifs is 2. The highest BCUT2D eigenvalue weighted by molar-refractivity contribution is 5.79. The Morgan fingerprint density at radius 3 is 2.43 bits per heavy atom. The predicted octanol–water partition coefficient (Wildman–Crippen LogP) is 2.88. The zero-order valence-corrected chi connectivity index (χ0v) is 12.4. The zero-order chi connectivity index (χ0) is 14.7. The summed E-state index contributed by atoms with van der Waals surface area (Å²) < 4.78 is 17.5. The number of anilines is 1. The molecule has 0 saturated heterocycles. The maximum atomic E-state index is 6.06. The number of nitrogens with zero attached hydrogens (tertiary/aromatic N) is 1. The summed E-state index contributed by atoms with van der Waals surface area (Å²) in [4.78, 5) is 0. The molecular weight excluding hydrogens is 268 g/mol. The summed E-state index contributed by atoms with van der Waals surface area (Å²) in [6, 6.07) is 1.75. The molecule has 0 amide bonds. The van der Waals surface area contributed by atoms with Gasteiger partial charge in [0.2, 0.25) is 0 Å². The Balaban J connectivity index is 2.02. The van der Waals surface area contributed by atoms with Crippen LogP contribution in [-0.4, -0.2) is 17.4 Å². The van der Waals surface area contributed by atoms with Gasteiger partial charge in [0.25, 0.3) is 0 Å². The number of aromatic nitrogens is 1. The van der Waals surface area contributed by atoms with Crippen molar-refractivity contribution in [2.45, 2.75) is 45.8 Å². The van der Waals surface area contributed by atoms with Gasteiger partial charge in [-0.2, -0.15) is 0 Å². The lowest BCUT2D eigenvalue weighted by Gasteiger charge is -2.14. The van der Waals surface area contributed by atoms with Crippen LogP contribution in [-0.2, 0) is 12.8 Å². The molecule has 0 radical (unpaired) electrons. The van der Waals surface area contributed by atoms with Gasteiger partial charge < -0.3 is 19.7 Å². The third-order valence-electron chi connectivity index (χ3n) is 4.27. The number of nitrogen functional groups attached to an aromatic ring is 1. The maximum Gasteiger partial charge on any atom is 0.173 e. The van der Waals surface area contributed by atoms with Gasteiger partial charge in [-0.05, 0) is 26.3 Å². The van der Waals surface area contributed by atoms with Crippen molar-refractivity contribution in [2.24, 2.45) is 0 Å². The van der Waals surface area contributed by atoms with Crippen molar-refractivity contribution < 1.29 is 14.0 Å². The number of rotatable bonds is 1. The fraction of sp³-hybridized carbons (Fsp3) is 0.438. The van der Waals surface area contributed by atoms with E-state index in [2.05, 4.69) is 25.9 Å². The lowest BCUT2D eigenvalue weighted by Crippen LogP contribution is -2.07. The monoisotopic (exact) mass is 286 g/mol. The minimum atomic E-state index is 0.165. The minimum absolute atomic E-state index is 0.165. The second-order valence-corrected chi connectivity index (χ2v) is 6.00. The maximum absolute atomic E-state index is 6.06. The Bertz CT molecular complexity index is 696. The molecule has 0 spiro atoms. The largest absolute Gasteiger partial charge is 0.490 e. The average molecular weight is 286 g/mol. The number of hydrogen-bond donors (Lipinski definition) is 1. The van der Waals surface area contributed by atoms with Crippen molar-refractivity contribution in [3.05, 3.63) is 22.8 Å². The smallest absolute Gasteiger partial charge is 0.173 e. The molecule has 2 aliphatic rings. The summed E-state index contributed by atoms with van der Waals surface area (Å²) in [6.45, 7) is 6.26.